The van der Waals surface area contributed by atoms with Gasteiger partial charge in [0.25, 0.3) is 0 Å². The van der Waals surface area contributed by atoms with E-state index < -0.39 is 0 Å². The van der Waals surface area contributed by atoms with Crippen LogP contribution in [0.15, 0.2) is 24.3 Å². The number of hydrogen-bond donors (Lipinski definition) is 1. The summed E-state index contributed by atoms with van der Waals surface area (Å²) in [6.45, 7) is 4.98. The molecule has 3 rings (SSSR count). The van der Waals surface area contributed by atoms with Crippen molar-refractivity contribution in [3.63, 3.8) is 0 Å². The lowest BCUT2D eigenvalue weighted by atomic mass is 10.1. The fraction of sp³-hybridized carbons (Fsp3) is 0.389. The first-order valence-corrected chi connectivity index (χ1v) is 9.16. The average molecular weight is 395 g/mol. The van der Waals surface area contributed by atoms with Crippen molar-refractivity contribution in [1.82, 2.24) is 14.9 Å². The number of ether oxygens (including phenoxy) is 1. The molecule has 1 fully saturated rings. The Balaban J connectivity index is 1.52. The Morgan fingerprint density at radius 1 is 1.15 bits per heavy atom. The Kier molecular flexibility index (Phi) is 5.84. The van der Waals surface area contributed by atoms with E-state index in [2.05, 4.69) is 15.3 Å². The molecule has 0 bridgehead atoms. The summed E-state index contributed by atoms with van der Waals surface area (Å²) < 4.78 is 5.95. The second-order valence-corrected chi connectivity index (χ2v) is 7.07. The first-order valence-electron chi connectivity index (χ1n) is 8.40. The van der Waals surface area contributed by atoms with Crippen molar-refractivity contribution >= 4 is 34.9 Å². The fourth-order valence-electron chi connectivity index (χ4n) is 2.87. The molecule has 1 aromatic heterocycles. The van der Waals surface area contributed by atoms with Crippen LogP contribution in [0.5, 0.6) is 5.88 Å². The highest BCUT2D eigenvalue weighted by Crippen LogP contribution is 2.25. The summed E-state index contributed by atoms with van der Waals surface area (Å²) in [5.74, 6) is 1.28. The zero-order valence-electron chi connectivity index (χ0n) is 14.6. The number of carbonyl (C=O) groups excluding carboxylic acids is 1. The van der Waals surface area contributed by atoms with Crippen LogP contribution in [-0.4, -0.2) is 40.1 Å². The number of rotatable bonds is 3. The molecule has 138 valence electrons. The SMILES string of the molecule is Cc1cc(OC2CCN(C(=O)Nc3ccc(Cl)c(Cl)c3)CC2)nc(C)n1. The Labute approximate surface area is 162 Å². The maximum Gasteiger partial charge on any atom is 0.321 e. The third-order valence-electron chi connectivity index (χ3n) is 4.13. The first kappa shape index (κ1) is 18.7. The molecule has 0 radical (unpaired) electrons. The molecule has 0 spiro atoms. The van der Waals surface area contributed by atoms with Gasteiger partial charge in [0.1, 0.15) is 11.9 Å². The zero-order valence-corrected chi connectivity index (χ0v) is 16.1. The van der Waals surface area contributed by atoms with Crippen LogP contribution in [0.25, 0.3) is 0 Å². The number of hydrogen-bond acceptors (Lipinski definition) is 4. The summed E-state index contributed by atoms with van der Waals surface area (Å²) in [6.07, 6.45) is 1.53. The molecule has 1 aliphatic rings. The van der Waals surface area contributed by atoms with Crippen molar-refractivity contribution in [2.75, 3.05) is 18.4 Å². The number of amides is 2. The lowest BCUT2D eigenvalue weighted by Gasteiger charge is -2.32. The second-order valence-electron chi connectivity index (χ2n) is 6.26. The highest BCUT2D eigenvalue weighted by molar-refractivity contribution is 6.42. The largest absolute Gasteiger partial charge is 0.474 e. The molecule has 26 heavy (non-hydrogen) atoms. The van der Waals surface area contributed by atoms with E-state index in [0.29, 0.717) is 40.5 Å². The summed E-state index contributed by atoms with van der Waals surface area (Å²) in [5.41, 5.74) is 1.50. The molecule has 2 aromatic rings. The third-order valence-corrected chi connectivity index (χ3v) is 4.87. The summed E-state index contributed by atoms with van der Waals surface area (Å²) in [5, 5.41) is 3.71. The van der Waals surface area contributed by atoms with Crippen LogP contribution in [0, 0.1) is 13.8 Å². The lowest BCUT2D eigenvalue weighted by molar-refractivity contribution is 0.111. The molecule has 1 N–H and O–H groups in total. The number of carbonyl (C=O) groups is 1. The predicted octanol–water partition coefficient (Wildman–Crippen LogP) is 4.48. The number of aryl methyl sites for hydroxylation is 2. The number of urea groups is 1. The second kappa shape index (κ2) is 8.10. The molecular formula is C18H20Cl2N4O2. The van der Waals surface area contributed by atoms with Gasteiger partial charge in [-0.05, 0) is 32.0 Å². The normalized spacial score (nSPS) is 15.0. The smallest absolute Gasteiger partial charge is 0.321 e. The van der Waals surface area contributed by atoms with Crippen molar-refractivity contribution in [2.45, 2.75) is 32.8 Å². The van der Waals surface area contributed by atoms with Gasteiger partial charge in [-0.3, -0.25) is 0 Å². The molecule has 2 heterocycles. The van der Waals surface area contributed by atoms with Crippen LogP contribution in [0.1, 0.15) is 24.4 Å². The summed E-state index contributed by atoms with van der Waals surface area (Å²) in [4.78, 5) is 22.7. The Morgan fingerprint density at radius 3 is 2.54 bits per heavy atom. The van der Waals surface area contributed by atoms with Crippen molar-refractivity contribution in [2.24, 2.45) is 0 Å². The first-order chi connectivity index (χ1) is 12.4. The van der Waals surface area contributed by atoms with Crippen molar-refractivity contribution < 1.29 is 9.53 Å². The highest BCUT2D eigenvalue weighted by atomic mass is 35.5. The van der Waals surface area contributed by atoms with Gasteiger partial charge in [0, 0.05) is 43.4 Å². The van der Waals surface area contributed by atoms with Gasteiger partial charge in [0.15, 0.2) is 0 Å². The van der Waals surface area contributed by atoms with Crippen LogP contribution < -0.4 is 10.1 Å². The van der Waals surface area contributed by atoms with Gasteiger partial charge in [-0.1, -0.05) is 23.2 Å². The third kappa shape index (κ3) is 4.77. The number of benzene rings is 1. The number of aromatic nitrogens is 2. The maximum atomic E-state index is 12.4. The minimum Gasteiger partial charge on any atom is -0.474 e. The van der Waals surface area contributed by atoms with Crippen molar-refractivity contribution in [3.05, 3.63) is 45.8 Å². The molecule has 0 unspecified atom stereocenters. The van der Waals surface area contributed by atoms with E-state index in [9.17, 15) is 4.79 Å². The molecule has 2 amide bonds. The molecular weight excluding hydrogens is 375 g/mol. The molecule has 0 saturated carbocycles. The van der Waals surface area contributed by atoms with Gasteiger partial charge >= 0.3 is 6.03 Å². The molecule has 6 nitrogen and oxygen atoms in total. The van der Waals surface area contributed by atoms with Crippen molar-refractivity contribution in [1.29, 1.82) is 0 Å². The van der Waals surface area contributed by atoms with Crippen LogP contribution in [0.3, 0.4) is 0 Å². The van der Waals surface area contributed by atoms with Gasteiger partial charge < -0.3 is 15.0 Å². The highest BCUT2D eigenvalue weighted by Gasteiger charge is 2.24. The Bertz CT molecular complexity index is 788. The van der Waals surface area contributed by atoms with Gasteiger partial charge in [-0.2, -0.15) is 4.98 Å². The predicted molar refractivity (Wildman–Crippen MR) is 102 cm³/mol. The van der Waals surface area contributed by atoms with E-state index in [1.165, 1.54) is 0 Å². The molecule has 8 heteroatoms. The molecule has 0 atom stereocenters. The molecule has 1 saturated heterocycles. The van der Waals surface area contributed by atoms with Crippen LogP contribution in [-0.2, 0) is 0 Å². The van der Waals surface area contributed by atoms with Crippen LogP contribution >= 0.6 is 23.2 Å². The number of piperidine rings is 1. The lowest BCUT2D eigenvalue weighted by Crippen LogP contribution is -2.43. The quantitative estimate of drug-likeness (QED) is 0.833. The van der Waals surface area contributed by atoms with Gasteiger partial charge in [-0.25, -0.2) is 9.78 Å². The van der Waals surface area contributed by atoms with Gasteiger partial charge in [0.05, 0.1) is 10.0 Å². The van der Waals surface area contributed by atoms with E-state index in [1.54, 1.807) is 23.1 Å². The van der Waals surface area contributed by atoms with E-state index in [0.717, 1.165) is 18.5 Å². The number of nitrogens with zero attached hydrogens (tertiary/aromatic N) is 3. The average Bonchev–Trinajstić information content (AvgIpc) is 2.58. The van der Waals surface area contributed by atoms with Gasteiger partial charge in [-0.15, -0.1) is 0 Å². The summed E-state index contributed by atoms with van der Waals surface area (Å²) in [6, 6.07) is 6.69. The summed E-state index contributed by atoms with van der Waals surface area (Å²) in [7, 11) is 0. The van der Waals surface area contributed by atoms with Crippen LogP contribution in [0.2, 0.25) is 10.0 Å². The maximum absolute atomic E-state index is 12.4. The van der Waals surface area contributed by atoms with E-state index in [4.69, 9.17) is 27.9 Å². The minimum absolute atomic E-state index is 0.0396. The fourth-order valence-corrected chi connectivity index (χ4v) is 3.17. The Hall–Kier alpha value is -2.05. The number of likely N-dealkylation sites (tertiary alicyclic amines) is 1. The Morgan fingerprint density at radius 2 is 1.88 bits per heavy atom. The van der Waals surface area contributed by atoms with E-state index in [-0.39, 0.29) is 12.1 Å². The zero-order chi connectivity index (χ0) is 18.7. The number of halogens is 2. The van der Waals surface area contributed by atoms with Gasteiger partial charge in [0.2, 0.25) is 5.88 Å². The standard InChI is InChI=1S/C18H20Cl2N4O2/c1-11-9-17(22-12(2)21-11)26-14-5-7-24(8-6-14)18(25)23-13-3-4-15(19)16(20)10-13/h3-4,9-10,14H,5-8H2,1-2H3,(H,23,25). The molecule has 1 aromatic carbocycles. The number of nitrogens with one attached hydrogen (secondary N) is 1. The van der Waals surface area contributed by atoms with E-state index in [1.807, 2.05) is 19.9 Å². The molecule has 1 aliphatic heterocycles. The van der Waals surface area contributed by atoms with E-state index >= 15 is 0 Å². The topological polar surface area (TPSA) is 67.3 Å². The van der Waals surface area contributed by atoms with Crippen molar-refractivity contribution in [3.8, 4) is 5.88 Å². The molecule has 0 aliphatic carbocycles. The van der Waals surface area contributed by atoms with Crippen LogP contribution in [0.4, 0.5) is 10.5 Å². The summed E-state index contributed by atoms with van der Waals surface area (Å²) >= 11 is 11.9. The number of anilines is 1. The monoisotopic (exact) mass is 394 g/mol. The minimum atomic E-state index is -0.157.